The van der Waals surface area contributed by atoms with Crippen LogP contribution in [0.4, 0.5) is 5.82 Å². The molecule has 3 nitrogen and oxygen atoms in total. The molecule has 2 rings (SSSR count). The lowest BCUT2D eigenvalue weighted by atomic mass is 10.1. The zero-order chi connectivity index (χ0) is 13.1. The van der Waals surface area contributed by atoms with Gasteiger partial charge in [-0.25, -0.2) is 9.97 Å². The maximum absolute atomic E-state index is 5.91. The third-order valence-electron chi connectivity index (χ3n) is 2.60. The number of nitrogens with two attached hydrogens (primary N) is 1. The van der Waals surface area contributed by atoms with E-state index in [1.165, 1.54) is 5.56 Å². The average molecular weight is 418 g/mol. The van der Waals surface area contributed by atoms with E-state index in [1.54, 1.807) is 0 Å². The number of aryl methyl sites for hydroxylation is 1. The maximum Gasteiger partial charge on any atom is 0.140 e. The second kappa shape index (κ2) is 5.97. The highest BCUT2D eigenvalue weighted by atomic mass is 127. The van der Waals surface area contributed by atoms with Crippen LogP contribution in [0.2, 0.25) is 0 Å². The summed E-state index contributed by atoms with van der Waals surface area (Å²) in [6.07, 6.45) is 1.58. The second-order valence-electron chi connectivity index (χ2n) is 3.94. The lowest BCUT2D eigenvalue weighted by Gasteiger charge is -2.07. The molecule has 0 radical (unpaired) electrons. The fourth-order valence-electron chi connectivity index (χ4n) is 1.66. The van der Waals surface area contributed by atoms with Crippen molar-refractivity contribution < 1.29 is 0 Å². The molecule has 2 aromatic rings. The first kappa shape index (κ1) is 13.7. The van der Waals surface area contributed by atoms with Gasteiger partial charge in [0.25, 0.3) is 0 Å². The molecule has 0 fully saturated rings. The van der Waals surface area contributed by atoms with E-state index in [0.29, 0.717) is 12.2 Å². The van der Waals surface area contributed by atoms with Crippen LogP contribution in [0.25, 0.3) is 0 Å². The second-order valence-corrected chi connectivity index (χ2v) is 5.94. The van der Waals surface area contributed by atoms with Gasteiger partial charge in [-0.15, -0.1) is 0 Å². The standard InChI is InChI=1S/C13H13BrIN3/c1-2-10-12(15)13(16)18-11(17-10)7-8-3-5-9(14)6-4-8/h3-6H,2,7H2,1H3,(H2,16,17,18). The fourth-order valence-corrected chi connectivity index (χ4v) is 2.55. The van der Waals surface area contributed by atoms with Gasteiger partial charge in [0.1, 0.15) is 11.6 Å². The molecular weight excluding hydrogens is 405 g/mol. The van der Waals surface area contributed by atoms with Crippen molar-refractivity contribution in [3.63, 3.8) is 0 Å². The summed E-state index contributed by atoms with van der Waals surface area (Å²) in [4.78, 5) is 8.91. The molecule has 94 valence electrons. The van der Waals surface area contributed by atoms with Gasteiger partial charge in [-0.3, -0.25) is 0 Å². The van der Waals surface area contributed by atoms with E-state index in [4.69, 9.17) is 5.73 Å². The number of hydrogen-bond acceptors (Lipinski definition) is 3. The number of hydrogen-bond donors (Lipinski definition) is 1. The molecule has 0 aliphatic carbocycles. The van der Waals surface area contributed by atoms with Crippen LogP contribution in [0, 0.1) is 3.57 Å². The normalized spacial score (nSPS) is 10.6. The Labute approximate surface area is 128 Å². The predicted molar refractivity (Wildman–Crippen MR) is 85.5 cm³/mol. The fraction of sp³-hybridized carbons (Fsp3) is 0.231. The van der Waals surface area contributed by atoms with Crippen LogP contribution in [-0.2, 0) is 12.8 Å². The summed E-state index contributed by atoms with van der Waals surface area (Å²) in [5.74, 6) is 1.36. The van der Waals surface area contributed by atoms with Gasteiger partial charge in [-0.05, 0) is 46.7 Å². The van der Waals surface area contributed by atoms with Crippen molar-refractivity contribution in [3.8, 4) is 0 Å². The molecule has 0 amide bonds. The molecular formula is C13H13BrIN3. The maximum atomic E-state index is 5.91. The van der Waals surface area contributed by atoms with Gasteiger partial charge in [0, 0.05) is 10.9 Å². The van der Waals surface area contributed by atoms with E-state index < -0.39 is 0 Å². The molecule has 5 heteroatoms. The van der Waals surface area contributed by atoms with Gasteiger partial charge in [0.15, 0.2) is 0 Å². The number of rotatable bonds is 3. The number of halogens is 2. The summed E-state index contributed by atoms with van der Waals surface area (Å²) in [6, 6.07) is 8.17. The molecule has 0 bridgehead atoms. The molecule has 1 aromatic carbocycles. The molecule has 2 N–H and O–H groups in total. The first-order valence-electron chi connectivity index (χ1n) is 5.65. The summed E-state index contributed by atoms with van der Waals surface area (Å²) < 4.78 is 2.04. The topological polar surface area (TPSA) is 51.8 Å². The first-order valence-corrected chi connectivity index (χ1v) is 7.52. The molecule has 0 unspecified atom stereocenters. The highest BCUT2D eigenvalue weighted by molar-refractivity contribution is 14.1. The van der Waals surface area contributed by atoms with Crippen LogP contribution in [0.5, 0.6) is 0 Å². The van der Waals surface area contributed by atoms with Crippen LogP contribution in [0.1, 0.15) is 24.0 Å². The van der Waals surface area contributed by atoms with Crippen LogP contribution < -0.4 is 5.73 Å². The van der Waals surface area contributed by atoms with E-state index in [-0.39, 0.29) is 0 Å². The molecule has 0 aliphatic rings. The van der Waals surface area contributed by atoms with Crippen molar-refractivity contribution in [2.45, 2.75) is 19.8 Å². The predicted octanol–water partition coefficient (Wildman–Crippen LogP) is 3.58. The van der Waals surface area contributed by atoms with E-state index in [0.717, 1.165) is 26.0 Å². The Morgan fingerprint density at radius 3 is 2.50 bits per heavy atom. The molecule has 0 atom stereocenters. The van der Waals surface area contributed by atoms with E-state index in [1.807, 2.05) is 12.1 Å². The Morgan fingerprint density at radius 1 is 1.22 bits per heavy atom. The molecule has 0 spiro atoms. The molecule has 1 aromatic heterocycles. The largest absolute Gasteiger partial charge is 0.383 e. The number of nitrogens with zero attached hydrogens (tertiary/aromatic N) is 2. The summed E-state index contributed by atoms with van der Waals surface area (Å²) in [5, 5.41) is 0. The zero-order valence-corrected chi connectivity index (χ0v) is 13.7. The van der Waals surface area contributed by atoms with Gasteiger partial charge in [-0.1, -0.05) is 35.0 Å². The molecule has 0 saturated carbocycles. The number of aromatic nitrogens is 2. The van der Waals surface area contributed by atoms with Crippen LogP contribution in [-0.4, -0.2) is 9.97 Å². The minimum Gasteiger partial charge on any atom is -0.383 e. The molecule has 0 saturated heterocycles. The van der Waals surface area contributed by atoms with Crippen molar-refractivity contribution in [2.75, 3.05) is 5.73 Å². The van der Waals surface area contributed by atoms with Crippen LogP contribution in [0.15, 0.2) is 28.7 Å². The Hall–Kier alpha value is -0.690. The molecule has 18 heavy (non-hydrogen) atoms. The minimum absolute atomic E-state index is 0.578. The Balaban J connectivity index is 2.29. The third kappa shape index (κ3) is 3.20. The Kier molecular flexibility index (Phi) is 4.55. The average Bonchev–Trinajstić information content (AvgIpc) is 2.36. The summed E-state index contributed by atoms with van der Waals surface area (Å²) in [5.41, 5.74) is 8.11. The van der Waals surface area contributed by atoms with Gasteiger partial charge in [-0.2, -0.15) is 0 Å². The van der Waals surface area contributed by atoms with Gasteiger partial charge < -0.3 is 5.73 Å². The van der Waals surface area contributed by atoms with Crippen LogP contribution in [0.3, 0.4) is 0 Å². The Bertz CT molecular complexity index is 555. The van der Waals surface area contributed by atoms with Crippen molar-refractivity contribution >= 4 is 44.3 Å². The number of nitrogen functional groups attached to an aromatic ring is 1. The van der Waals surface area contributed by atoms with Crippen LogP contribution >= 0.6 is 38.5 Å². The third-order valence-corrected chi connectivity index (χ3v) is 4.31. The van der Waals surface area contributed by atoms with Gasteiger partial charge >= 0.3 is 0 Å². The lowest BCUT2D eigenvalue weighted by Crippen LogP contribution is -2.07. The summed E-state index contributed by atoms with van der Waals surface area (Å²) in [6.45, 7) is 2.08. The van der Waals surface area contributed by atoms with Crippen molar-refractivity contribution in [1.82, 2.24) is 9.97 Å². The van der Waals surface area contributed by atoms with Crippen molar-refractivity contribution in [1.29, 1.82) is 0 Å². The molecule has 0 aliphatic heterocycles. The first-order chi connectivity index (χ1) is 8.60. The van der Waals surface area contributed by atoms with Gasteiger partial charge in [0.05, 0.1) is 9.26 Å². The monoisotopic (exact) mass is 417 g/mol. The minimum atomic E-state index is 0.578. The highest BCUT2D eigenvalue weighted by Gasteiger charge is 2.09. The Morgan fingerprint density at radius 2 is 1.89 bits per heavy atom. The zero-order valence-electron chi connectivity index (χ0n) is 9.95. The quantitative estimate of drug-likeness (QED) is 0.776. The lowest BCUT2D eigenvalue weighted by molar-refractivity contribution is 0.901. The van der Waals surface area contributed by atoms with E-state index in [2.05, 4.69) is 67.5 Å². The summed E-state index contributed by atoms with van der Waals surface area (Å²) >= 11 is 5.62. The number of benzene rings is 1. The van der Waals surface area contributed by atoms with E-state index >= 15 is 0 Å². The van der Waals surface area contributed by atoms with E-state index in [9.17, 15) is 0 Å². The van der Waals surface area contributed by atoms with Crippen molar-refractivity contribution in [3.05, 3.63) is 49.4 Å². The van der Waals surface area contributed by atoms with Crippen molar-refractivity contribution in [2.24, 2.45) is 0 Å². The summed E-state index contributed by atoms with van der Waals surface area (Å²) in [7, 11) is 0. The number of anilines is 1. The van der Waals surface area contributed by atoms with Gasteiger partial charge in [0.2, 0.25) is 0 Å². The SMILES string of the molecule is CCc1nc(Cc2ccc(Br)cc2)nc(N)c1I. The smallest absolute Gasteiger partial charge is 0.140 e. The highest BCUT2D eigenvalue weighted by Crippen LogP contribution is 2.19. The molecule has 1 heterocycles.